The molecule has 1 unspecified atom stereocenters. The average Bonchev–Trinajstić information content (AvgIpc) is 2.88. The number of nitrogens with zero attached hydrogens (tertiary/aromatic N) is 1. The molecule has 1 rings (SSSR count). The Labute approximate surface area is 184 Å². The van der Waals surface area contributed by atoms with E-state index >= 15 is 0 Å². The Morgan fingerprint density at radius 3 is 2.30 bits per heavy atom. The first-order valence-electron chi connectivity index (χ1n) is 8.17. The summed E-state index contributed by atoms with van der Waals surface area (Å²) in [5, 5.41) is 0. The van der Waals surface area contributed by atoms with Crippen molar-refractivity contribution in [3.63, 3.8) is 0 Å². The van der Waals surface area contributed by atoms with Crippen molar-refractivity contribution < 1.29 is 19.1 Å². The predicted octanol–water partition coefficient (Wildman–Crippen LogP) is 4.26. The van der Waals surface area contributed by atoms with Gasteiger partial charge in [0.25, 0.3) is 5.91 Å². The van der Waals surface area contributed by atoms with E-state index in [4.69, 9.17) is 62.7 Å². The molecule has 1 aliphatic rings. The van der Waals surface area contributed by atoms with E-state index in [0.717, 1.165) is 4.90 Å². The third-order valence-electron chi connectivity index (χ3n) is 3.51. The number of carbonyl (C=O) groups is 3. The van der Waals surface area contributed by atoms with Crippen LogP contribution in [0.4, 0.5) is 0 Å². The zero-order valence-corrected chi connectivity index (χ0v) is 18.8. The minimum atomic E-state index is -1.45. The van der Waals surface area contributed by atoms with Crippen molar-refractivity contribution in [2.45, 2.75) is 60.1 Å². The number of primary amides is 1. The molecule has 156 valence electrons. The van der Waals surface area contributed by atoms with Crippen molar-refractivity contribution in [1.29, 1.82) is 0 Å². The second-order valence-electron chi connectivity index (χ2n) is 5.63. The predicted molar refractivity (Wildman–Crippen MR) is 109 cm³/mol. The molecule has 0 aromatic rings. The number of rotatable bonds is 8. The van der Waals surface area contributed by atoms with E-state index in [2.05, 4.69) is 5.73 Å². The second kappa shape index (κ2) is 12.9. The van der Waals surface area contributed by atoms with Crippen LogP contribution < -0.4 is 5.73 Å². The maximum absolute atomic E-state index is 12.3. The molecule has 1 atom stereocenters. The van der Waals surface area contributed by atoms with Gasteiger partial charge in [-0.1, -0.05) is 41.7 Å². The van der Waals surface area contributed by atoms with Gasteiger partial charge in [-0.2, -0.15) is 0 Å². The lowest BCUT2D eigenvalue weighted by Crippen LogP contribution is -2.41. The van der Waals surface area contributed by atoms with Gasteiger partial charge in [-0.3, -0.25) is 19.3 Å². The van der Waals surface area contributed by atoms with E-state index in [1.807, 2.05) is 0 Å². The van der Waals surface area contributed by atoms with Crippen LogP contribution in [-0.4, -0.2) is 44.4 Å². The van der Waals surface area contributed by atoms with Gasteiger partial charge in [0, 0.05) is 18.9 Å². The fourth-order valence-corrected chi connectivity index (χ4v) is 2.80. The van der Waals surface area contributed by atoms with Crippen LogP contribution in [0, 0.1) is 0 Å². The largest absolute Gasteiger partial charge is 0.499 e. The number of methoxy groups -OCH3 is 1. The van der Waals surface area contributed by atoms with E-state index in [-0.39, 0.29) is 24.7 Å². The number of hydrogen-bond acceptors (Lipinski definition) is 4. The average molecular weight is 485 g/mol. The molecular weight excluding hydrogens is 461 g/mol. The van der Waals surface area contributed by atoms with E-state index in [1.165, 1.54) is 13.2 Å². The Morgan fingerprint density at radius 1 is 1.33 bits per heavy atom. The highest BCUT2D eigenvalue weighted by Gasteiger charge is 2.39. The molecule has 0 fully saturated rings. The summed E-state index contributed by atoms with van der Waals surface area (Å²) in [6, 6.07) is -0.552. The van der Waals surface area contributed by atoms with Crippen LogP contribution in [0.3, 0.4) is 0 Å². The Morgan fingerprint density at radius 2 is 1.89 bits per heavy atom. The summed E-state index contributed by atoms with van der Waals surface area (Å²) in [6.45, 7) is 1.72. The van der Waals surface area contributed by atoms with Gasteiger partial charge in [0.15, 0.2) is 3.79 Å². The third kappa shape index (κ3) is 11.3. The van der Waals surface area contributed by atoms with Crippen LogP contribution in [0.2, 0.25) is 0 Å². The molecular formula is C16H23Cl5N2O4. The van der Waals surface area contributed by atoms with E-state index < -0.39 is 20.6 Å². The highest BCUT2D eigenvalue weighted by molar-refractivity contribution is 6.67. The lowest BCUT2D eigenvalue weighted by Gasteiger charge is -2.26. The number of nitrogens with two attached hydrogens (primary N) is 1. The van der Waals surface area contributed by atoms with Gasteiger partial charge >= 0.3 is 0 Å². The Kier molecular flexibility index (Phi) is 12.7. The van der Waals surface area contributed by atoms with Crippen molar-refractivity contribution in [3.05, 3.63) is 11.8 Å². The molecule has 3 amide bonds. The quantitative estimate of drug-likeness (QED) is 0.521. The number of alkyl halides is 5. The molecule has 0 aromatic heterocycles. The summed E-state index contributed by atoms with van der Waals surface area (Å²) >= 11 is 28.5. The molecule has 0 aliphatic carbocycles. The number of hydrogen-bond donors (Lipinski definition) is 1. The molecule has 2 N–H and O–H groups in total. The molecule has 0 saturated heterocycles. The van der Waals surface area contributed by atoms with E-state index in [9.17, 15) is 14.4 Å². The topological polar surface area (TPSA) is 89.7 Å². The van der Waals surface area contributed by atoms with Gasteiger partial charge in [0.05, 0.1) is 13.2 Å². The molecule has 0 saturated carbocycles. The van der Waals surface area contributed by atoms with Crippen LogP contribution in [-0.2, 0) is 19.1 Å². The maximum atomic E-state index is 12.3. The van der Waals surface area contributed by atoms with Gasteiger partial charge in [-0.15, -0.1) is 23.2 Å². The summed E-state index contributed by atoms with van der Waals surface area (Å²) in [6.07, 6.45) is 3.34. The first-order valence-corrected chi connectivity index (χ1v) is 10.2. The number of halogens is 5. The summed E-state index contributed by atoms with van der Waals surface area (Å²) < 4.78 is 3.70. The molecule has 0 bridgehead atoms. The van der Waals surface area contributed by atoms with Crippen molar-refractivity contribution >= 4 is 75.7 Å². The van der Waals surface area contributed by atoms with Crippen LogP contribution >= 0.6 is 58.0 Å². The third-order valence-corrected chi connectivity index (χ3v) is 4.51. The van der Waals surface area contributed by atoms with Crippen molar-refractivity contribution in [3.8, 4) is 0 Å². The normalized spacial score (nSPS) is 16.7. The summed E-state index contributed by atoms with van der Waals surface area (Å²) in [5.41, 5.74) is 4.65. The molecule has 1 heterocycles. The maximum Gasteiger partial charge on any atom is 0.257 e. The monoisotopic (exact) mass is 482 g/mol. The van der Waals surface area contributed by atoms with Gasteiger partial charge in [-0.05, 0) is 25.7 Å². The standard InChI is InChI=1S/C13H16Cl5NO3.C3H7NO/c1-22-9-7-12(21)19(8(9)5-6-13(16,17)18)11(20)4-2-3-10(14)15;1-2-3(4)5/h7-8,10H,2-6H2,1H3;2H2,1H3,(H2,4,5). The molecule has 27 heavy (non-hydrogen) atoms. The fraction of sp³-hybridized carbons (Fsp3) is 0.688. The summed E-state index contributed by atoms with van der Waals surface area (Å²) in [7, 11) is 1.43. The van der Waals surface area contributed by atoms with Gasteiger partial charge in [0.2, 0.25) is 11.8 Å². The smallest absolute Gasteiger partial charge is 0.257 e. The van der Waals surface area contributed by atoms with Crippen molar-refractivity contribution in [2.75, 3.05) is 7.11 Å². The van der Waals surface area contributed by atoms with Gasteiger partial charge < -0.3 is 10.5 Å². The Balaban J connectivity index is 0.00000119. The van der Waals surface area contributed by atoms with Crippen LogP contribution in [0.25, 0.3) is 0 Å². The molecule has 0 aromatic carbocycles. The lowest BCUT2D eigenvalue weighted by molar-refractivity contribution is -0.143. The molecule has 1 aliphatic heterocycles. The first kappa shape index (κ1) is 26.6. The molecule has 0 radical (unpaired) electrons. The molecule has 11 heteroatoms. The van der Waals surface area contributed by atoms with Crippen LogP contribution in [0.5, 0.6) is 0 Å². The molecule has 6 nitrogen and oxygen atoms in total. The zero-order chi connectivity index (χ0) is 21.2. The van der Waals surface area contributed by atoms with Crippen LogP contribution in [0.1, 0.15) is 45.4 Å². The summed E-state index contributed by atoms with van der Waals surface area (Å²) in [4.78, 5) is 34.5. The number of ether oxygens (including phenoxy) is 1. The van der Waals surface area contributed by atoms with Crippen molar-refractivity contribution in [2.24, 2.45) is 5.73 Å². The van der Waals surface area contributed by atoms with Crippen LogP contribution in [0.15, 0.2) is 11.8 Å². The fourth-order valence-electron chi connectivity index (χ4n) is 2.16. The number of carbonyl (C=O) groups excluding carboxylic acids is 3. The van der Waals surface area contributed by atoms with E-state index in [0.29, 0.717) is 31.4 Å². The number of imide groups is 1. The minimum absolute atomic E-state index is 0.163. The summed E-state index contributed by atoms with van der Waals surface area (Å²) in [5.74, 6) is -0.605. The van der Waals surface area contributed by atoms with Gasteiger partial charge in [0.1, 0.15) is 10.6 Å². The Bertz CT molecular complexity index is 549. The minimum Gasteiger partial charge on any atom is -0.499 e. The zero-order valence-electron chi connectivity index (χ0n) is 15.0. The van der Waals surface area contributed by atoms with Gasteiger partial charge in [-0.25, -0.2) is 0 Å². The van der Waals surface area contributed by atoms with E-state index in [1.54, 1.807) is 6.92 Å². The van der Waals surface area contributed by atoms with Crippen molar-refractivity contribution in [1.82, 2.24) is 4.90 Å². The highest BCUT2D eigenvalue weighted by Crippen LogP contribution is 2.35. The number of amides is 3. The molecule has 0 spiro atoms. The lowest BCUT2D eigenvalue weighted by atomic mass is 10.1. The Hall–Kier alpha value is -0.400. The highest BCUT2D eigenvalue weighted by atomic mass is 35.6. The first-order chi connectivity index (χ1) is 12.4. The second-order valence-corrected chi connectivity index (χ2v) is 9.42. The SMILES string of the molecule is CCC(N)=O.COC1=CC(=O)N(C(=O)CCCC(Cl)Cl)C1CCC(Cl)(Cl)Cl.